The number of nitrogens with two attached hydrogens (primary N) is 1. The summed E-state index contributed by atoms with van der Waals surface area (Å²) in [7, 11) is 0. The fraction of sp³-hybridized carbons (Fsp3) is 0.667. The molecule has 3 aliphatic rings. The van der Waals surface area contributed by atoms with Crippen LogP contribution in [0.1, 0.15) is 32.9 Å². The Labute approximate surface area is 137 Å². The molecule has 0 aromatic carbocycles. The number of rotatable bonds is 1. The molecule has 1 saturated carbocycles. The molecule has 2 aromatic heterocycles. The van der Waals surface area contributed by atoms with Gasteiger partial charge in [-0.1, -0.05) is 0 Å². The molecule has 24 heavy (non-hydrogen) atoms. The van der Waals surface area contributed by atoms with Crippen LogP contribution >= 0.6 is 0 Å². The Balaban J connectivity index is 1.59. The minimum absolute atomic E-state index is 0.238. The van der Waals surface area contributed by atoms with E-state index in [0.29, 0.717) is 29.8 Å². The maximum absolute atomic E-state index is 9.82. The Bertz CT molecular complexity index is 815. The van der Waals surface area contributed by atoms with Gasteiger partial charge in [0.1, 0.15) is 29.7 Å². The first-order valence-corrected chi connectivity index (χ1v) is 8.03. The highest BCUT2D eigenvalue weighted by Gasteiger charge is 2.67. The number of fused-ring (bicyclic) bond motifs is 3. The number of imidazole rings is 1. The third-order valence-electron chi connectivity index (χ3n) is 5.11. The summed E-state index contributed by atoms with van der Waals surface area (Å²) in [5.74, 6) is -0.374. The summed E-state index contributed by atoms with van der Waals surface area (Å²) in [6.07, 6.45) is 2.76. The number of hydrogen-bond acceptors (Lipinski definition) is 8. The van der Waals surface area contributed by atoms with Crippen molar-refractivity contribution in [2.75, 3.05) is 5.73 Å². The minimum atomic E-state index is -0.699. The molecule has 0 radical (unpaired) electrons. The molecule has 128 valence electrons. The predicted molar refractivity (Wildman–Crippen MR) is 81.7 cm³/mol. The van der Waals surface area contributed by atoms with Crippen molar-refractivity contribution in [2.24, 2.45) is 0 Å². The van der Waals surface area contributed by atoms with Crippen LogP contribution in [0.25, 0.3) is 11.2 Å². The lowest BCUT2D eigenvalue weighted by Gasteiger charge is -2.45. The number of aliphatic hydroxyl groups is 1. The first-order valence-electron chi connectivity index (χ1n) is 8.03. The predicted octanol–water partition coefficient (Wildman–Crippen LogP) is 0.351. The highest BCUT2D eigenvalue weighted by molar-refractivity contribution is 5.81. The average Bonchev–Trinajstić information content (AvgIpc) is 3.11. The summed E-state index contributed by atoms with van der Waals surface area (Å²) in [4.78, 5) is 12.6. The molecule has 1 spiro atoms. The second-order valence-electron chi connectivity index (χ2n) is 7.24. The largest absolute Gasteiger partial charge is 0.393 e. The Hall–Kier alpha value is -1.81. The molecule has 3 atom stereocenters. The number of anilines is 1. The van der Waals surface area contributed by atoms with Gasteiger partial charge in [0.25, 0.3) is 0 Å². The van der Waals surface area contributed by atoms with Gasteiger partial charge in [0.15, 0.2) is 23.5 Å². The number of nitrogen functional groups attached to an aromatic ring is 1. The SMILES string of the molecule is CC1(C)O[C@H]2[C@H](n3cnc4c(N)ncnc43)O[C@]3(C[C@@H](O)C3)[C@H]2O1. The van der Waals surface area contributed by atoms with Crippen LogP contribution in [0.2, 0.25) is 0 Å². The van der Waals surface area contributed by atoms with Crippen molar-refractivity contribution < 1.29 is 19.3 Å². The highest BCUT2D eigenvalue weighted by Crippen LogP contribution is 2.56. The Morgan fingerprint density at radius 3 is 2.75 bits per heavy atom. The molecule has 1 aliphatic carbocycles. The van der Waals surface area contributed by atoms with E-state index >= 15 is 0 Å². The van der Waals surface area contributed by atoms with Crippen molar-refractivity contribution in [1.82, 2.24) is 19.5 Å². The molecule has 0 amide bonds. The summed E-state index contributed by atoms with van der Waals surface area (Å²) >= 11 is 0. The molecule has 2 saturated heterocycles. The Kier molecular flexibility index (Phi) is 2.68. The van der Waals surface area contributed by atoms with Crippen LogP contribution in [0.3, 0.4) is 0 Å². The summed E-state index contributed by atoms with van der Waals surface area (Å²) in [6.45, 7) is 3.77. The monoisotopic (exact) mass is 333 g/mol. The molecule has 0 unspecified atom stereocenters. The fourth-order valence-corrected chi connectivity index (χ4v) is 4.12. The molecule has 2 aromatic rings. The lowest BCUT2D eigenvalue weighted by molar-refractivity contribution is -0.251. The number of nitrogens with zero attached hydrogens (tertiary/aromatic N) is 4. The van der Waals surface area contributed by atoms with Crippen molar-refractivity contribution in [2.45, 2.75) is 62.6 Å². The fourth-order valence-electron chi connectivity index (χ4n) is 4.12. The maximum Gasteiger partial charge on any atom is 0.167 e. The van der Waals surface area contributed by atoms with E-state index in [-0.39, 0.29) is 18.3 Å². The van der Waals surface area contributed by atoms with Crippen molar-refractivity contribution >= 4 is 17.0 Å². The summed E-state index contributed by atoms with van der Waals surface area (Å²) in [6, 6.07) is 0. The third kappa shape index (κ3) is 1.80. The van der Waals surface area contributed by atoms with Crippen molar-refractivity contribution in [1.29, 1.82) is 0 Å². The topological polar surface area (TPSA) is 118 Å². The molecule has 5 rings (SSSR count). The van der Waals surface area contributed by atoms with E-state index in [9.17, 15) is 5.11 Å². The van der Waals surface area contributed by atoms with Crippen LogP contribution < -0.4 is 5.73 Å². The van der Waals surface area contributed by atoms with Crippen molar-refractivity contribution in [3.8, 4) is 0 Å². The smallest absolute Gasteiger partial charge is 0.167 e. The summed E-state index contributed by atoms with van der Waals surface area (Å²) in [5.41, 5.74) is 6.47. The van der Waals surface area contributed by atoms with E-state index in [1.54, 1.807) is 6.33 Å². The number of aromatic nitrogens is 4. The lowest BCUT2D eigenvalue weighted by Crippen LogP contribution is -2.55. The summed E-state index contributed by atoms with van der Waals surface area (Å²) in [5, 5.41) is 9.82. The van der Waals surface area contributed by atoms with Crippen LogP contribution in [0.4, 0.5) is 5.82 Å². The molecular formula is C15H19N5O4. The van der Waals surface area contributed by atoms with E-state index in [1.165, 1.54) is 6.33 Å². The van der Waals surface area contributed by atoms with Gasteiger partial charge >= 0.3 is 0 Å². The van der Waals surface area contributed by atoms with E-state index in [4.69, 9.17) is 19.9 Å². The van der Waals surface area contributed by atoms with Crippen LogP contribution in [0, 0.1) is 0 Å². The first-order chi connectivity index (χ1) is 11.4. The molecule has 0 bridgehead atoms. The molecule has 4 heterocycles. The first kappa shape index (κ1) is 14.5. The molecule has 3 fully saturated rings. The quantitative estimate of drug-likeness (QED) is 0.767. The van der Waals surface area contributed by atoms with E-state index < -0.39 is 17.6 Å². The van der Waals surface area contributed by atoms with Gasteiger partial charge in [-0.2, -0.15) is 0 Å². The van der Waals surface area contributed by atoms with Gasteiger partial charge in [0, 0.05) is 12.8 Å². The standard InChI is InChI=1S/C15H19N5O4/c1-14(2)22-9-10(23-14)15(3-7(21)4-15)24-13(9)20-6-19-8-11(16)17-5-18-12(8)20/h5-7,9-10,13,21H,3-4H2,1-2H3,(H2,16,17,18)/t7-,9-,10+,13-,15+/m1/s1. The van der Waals surface area contributed by atoms with E-state index in [1.807, 2.05) is 18.4 Å². The molecule has 3 N–H and O–H groups in total. The maximum atomic E-state index is 9.82. The van der Waals surface area contributed by atoms with Gasteiger partial charge < -0.3 is 25.1 Å². The van der Waals surface area contributed by atoms with Gasteiger partial charge in [0.2, 0.25) is 0 Å². The van der Waals surface area contributed by atoms with Gasteiger partial charge in [-0.25, -0.2) is 15.0 Å². The van der Waals surface area contributed by atoms with Gasteiger partial charge in [-0.3, -0.25) is 4.57 Å². The van der Waals surface area contributed by atoms with Gasteiger partial charge in [-0.05, 0) is 13.8 Å². The zero-order chi connectivity index (χ0) is 16.7. The normalized spacial score (nSPS) is 40.1. The number of hydrogen-bond donors (Lipinski definition) is 2. The van der Waals surface area contributed by atoms with Crippen molar-refractivity contribution in [3.05, 3.63) is 12.7 Å². The Morgan fingerprint density at radius 2 is 2.00 bits per heavy atom. The number of ether oxygens (including phenoxy) is 3. The van der Waals surface area contributed by atoms with Crippen LogP contribution in [0.5, 0.6) is 0 Å². The van der Waals surface area contributed by atoms with Gasteiger partial charge in [-0.15, -0.1) is 0 Å². The second kappa shape index (κ2) is 4.42. The van der Waals surface area contributed by atoms with E-state index in [0.717, 1.165) is 0 Å². The lowest BCUT2D eigenvalue weighted by atomic mass is 9.73. The second-order valence-corrected chi connectivity index (χ2v) is 7.24. The van der Waals surface area contributed by atoms with Gasteiger partial charge in [0.05, 0.1) is 12.4 Å². The molecule has 2 aliphatic heterocycles. The highest BCUT2D eigenvalue weighted by atomic mass is 16.8. The summed E-state index contributed by atoms with van der Waals surface area (Å²) < 4.78 is 20.3. The van der Waals surface area contributed by atoms with Crippen molar-refractivity contribution in [3.63, 3.8) is 0 Å². The molecule has 9 heteroatoms. The van der Waals surface area contributed by atoms with Crippen LogP contribution in [0.15, 0.2) is 12.7 Å². The van der Waals surface area contributed by atoms with Crippen LogP contribution in [-0.2, 0) is 14.2 Å². The van der Waals surface area contributed by atoms with Crippen LogP contribution in [-0.4, -0.2) is 54.3 Å². The Morgan fingerprint density at radius 1 is 1.21 bits per heavy atom. The third-order valence-corrected chi connectivity index (χ3v) is 5.11. The molecule has 9 nitrogen and oxygen atoms in total. The molecular weight excluding hydrogens is 314 g/mol. The average molecular weight is 333 g/mol. The zero-order valence-corrected chi connectivity index (χ0v) is 13.4. The van der Waals surface area contributed by atoms with E-state index in [2.05, 4.69) is 15.0 Å². The number of aliphatic hydroxyl groups excluding tert-OH is 1. The minimum Gasteiger partial charge on any atom is -0.393 e. The zero-order valence-electron chi connectivity index (χ0n) is 13.4.